The zero-order valence-corrected chi connectivity index (χ0v) is 17.0. The Balaban J connectivity index is 1.56. The highest BCUT2D eigenvalue weighted by atomic mass is 79.9. The summed E-state index contributed by atoms with van der Waals surface area (Å²) in [7, 11) is 0. The molecule has 0 aliphatic carbocycles. The lowest BCUT2D eigenvalue weighted by Gasteiger charge is -2.10. The summed E-state index contributed by atoms with van der Waals surface area (Å²) in [6.45, 7) is 0. The first-order valence-corrected chi connectivity index (χ1v) is 9.56. The summed E-state index contributed by atoms with van der Waals surface area (Å²) < 4.78 is 0.655. The van der Waals surface area contributed by atoms with E-state index in [0.29, 0.717) is 10.0 Å². The van der Waals surface area contributed by atoms with Crippen LogP contribution in [0.5, 0.6) is 0 Å². The molecular formula is C21H16BrN3O2S. The average Bonchev–Trinajstić information content (AvgIpc) is 2.70. The largest absolute Gasteiger partial charge is 0.298 e. The molecule has 7 heteroatoms. The maximum atomic E-state index is 12.1. The van der Waals surface area contributed by atoms with E-state index in [0.717, 1.165) is 16.3 Å². The fourth-order valence-corrected chi connectivity index (χ4v) is 3.19. The third-order valence-electron chi connectivity index (χ3n) is 3.88. The van der Waals surface area contributed by atoms with Crippen molar-refractivity contribution in [3.05, 3.63) is 88.4 Å². The summed E-state index contributed by atoms with van der Waals surface area (Å²) in [6.07, 6.45) is 3.12. The predicted molar refractivity (Wildman–Crippen MR) is 118 cm³/mol. The van der Waals surface area contributed by atoms with Gasteiger partial charge in [-0.2, -0.15) is 0 Å². The molecule has 0 atom stereocenters. The molecule has 28 heavy (non-hydrogen) atoms. The second-order valence-electron chi connectivity index (χ2n) is 5.78. The molecule has 0 saturated heterocycles. The second kappa shape index (κ2) is 9.25. The molecule has 0 saturated carbocycles. The molecule has 140 valence electrons. The zero-order valence-electron chi connectivity index (χ0n) is 14.6. The van der Waals surface area contributed by atoms with Crippen LogP contribution in [-0.2, 0) is 4.79 Å². The van der Waals surface area contributed by atoms with E-state index in [1.165, 1.54) is 6.08 Å². The first kappa shape index (κ1) is 19.7. The molecule has 0 heterocycles. The first-order chi connectivity index (χ1) is 13.5. The topological polar surface area (TPSA) is 70.2 Å². The second-order valence-corrected chi connectivity index (χ2v) is 7.04. The molecule has 0 aromatic heterocycles. The van der Waals surface area contributed by atoms with Crippen LogP contribution in [0.3, 0.4) is 0 Å². The van der Waals surface area contributed by atoms with Crippen LogP contribution in [0, 0.1) is 0 Å². The fourth-order valence-electron chi connectivity index (χ4n) is 2.57. The molecule has 0 radical (unpaired) electrons. The number of nitrogens with one attached hydrogen (secondary N) is 3. The van der Waals surface area contributed by atoms with Crippen LogP contribution < -0.4 is 16.2 Å². The minimum atomic E-state index is -0.402. The number of fused-ring (bicyclic) bond motifs is 1. The highest BCUT2D eigenvalue weighted by Gasteiger charge is 2.09. The third kappa shape index (κ3) is 5.03. The number of rotatable bonds is 3. The first-order valence-electron chi connectivity index (χ1n) is 8.36. The number of carbonyl (C=O) groups is 2. The predicted octanol–water partition coefficient (Wildman–Crippen LogP) is 3.95. The Morgan fingerprint density at radius 2 is 1.61 bits per heavy atom. The summed E-state index contributed by atoms with van der Waals surface area (Å²) in [6, 6.07) is 20.8. The summed E-state index contributed by atoms with van der Waals surface area (Å²) >= 11 is 8.34. The normalized spacial score (nSPS) is 10.6. The van der Waals surface area contributed by atoms with Crippen molar-refractivity contribution in [1.29, 1.82) is 0 Å². The molecule has 0 fully saturated rings. The maximum absolute atomic E-state index is 12.1. The monoisotopic (exact) mass is 453 g/mol. The van der Waals surface area contributed by atoms with Gasteiger partial charge in [0.2, 0.25) is 5.91 Å². The molecule has 3 aromatic carbocycles. The van der Waals surface area contributed by atoms with E-state index in [9.17, 15) is 9.59 Å². The Morgan fingerprint density at radius 1 is 0.893 bits per heavy atom. The van der Waals surface area contributed by atoms with Crippen molar-refractivity contribution in [2.75, 3.05) is 0 Å². The summed E-state index contributed by atoms with van der Waals surface area (Å²) in [4.78, 5) is 24.2. The van der Waals surface area contributed by atoms with Gasteiger partial charge in [-0.25, -0.2) is 0 Å². The Bertz CT molecular complexity index is 1080. The maximum Gasteiger partial charge on any atom is 0.270 e. The highest BCUT2D eigenvalue weighted by Crippen LogP contribution is 2.19. The van der Waals surface area contributed by atoms with E-state index in [2.05, 4.69) is 32.1 Å². The molecule has 0 aliphatic rings. The van der Waals surface area contributed by atoms with Crippen LogP contribution in [-0.4, -0.2) is 16.9 Å². The number of hydrogen-bond donors (Lipinski definition) is 3. The fraction of sp³-hybridized carbons (Fsp3) is 0. The zero-order chi connectivity index (χ0) is 19.9. The molecule has 5 nitrogen and oxygen atoms in total. The Kier molecular flexibility index (Phi) is 6.52. The van der Waals surface area contributed by atoms with Crippen molar-refractivity contribution in [3.63, 3.8) is 0 Å². The Labute approximate surface area is 175 Å². The minimum absolute atomic E-state index is 0.00651. The lowest BCUT2D eigenvalue weighted by molar-refractivity contribution is -0.115. The van der Waals surface area contributed by atoms with Gasteiger partial charge < -0.3 is 0 Å². The lowest BCUT2D eigenvalue weighted by atomic mass is 10.0. The molecule has 0 spiro atoms. The smallest absolute Gasteiger partial charge is 0.270 e. The summed E-state index contributed by atoms with van der Waals surface area (Å²) in [5, 5.41) is 4.63. The molecule has 3 N–H and O–H groups in total. The van der Waals surface area contributed by atoms with Crippen LogP contribution >= 0.6 is 28.1 Å². The molecular weight excluding hydrogens is 438 g/mol. The van der Waals surface area contributed by atoms with Crippen molar-refractivity contribution in [1.82, 2.24) is 16.2 Å². The van der Waals surface area contributed by atoms with Gasteiger partial charge in [0.1, 0.15) is 0 Å². The number of benzene rings is 3. The van der Waals surface area contributed by atoms with Gasteiger partial charge in [-0.15, -0.1) is 0 Å². The number of halogens is 1. The van der Waals surface area contributed by atoms with Crippen molar-refractivity contribution in [2.24, 2.45) is 0 Å². The van der Waals surface area contributed by atoms with Crippen LogP contribution in [0.2, 0.25) is 0 Å². The van der Waals surface area contributed by atoms with Gasteiger partial charge in [0.05, 0.1) is 5.56 Å². The summed E-state index contributed by atoms with van der Waals surface area (Å²) in [5.74, 6) is -0.782. The molecule has 0 bridgehead atoms. The van der Waals surface area contributed by atoms with E-state index < -0.39 is 5.91 Å². The molecule has 3 aromatic rings. The van der Waals surface area contributed by atoms with Crippen molar-refractivity contribution in [2.45, 2.75) is 0 Å². The number of amides is 2. The third-order valence-corrected chi connectivity index (χ3v) is 4.78. The molecule has 0 aliphatic heterocycles. The molecule has 3 rings (SSSR count). The van der Waals surface area contributed by atoms with E-state index in [1.54, 1.807) is 30.3 Å². The van der Waals surface area contributed by atoms with Crippen molar-refractivity contribution >= 4 is 61.9 Å². The van der Waals surface area contributed by atoms with Gasteiger partial charge in [0.25, 0.3) is 5.91 Å². The van der Waals surface area contributed by atoms with Gasteiger partial charge in [-0.05, 0) is 62.7 Å². The van der Waals surface area contributed by atoms with Crippen LogP contribution in [0.25, 0.3) is 16.8 Å². The molecule has 0 unspecified atom stereocenters. The number of carbonyl (C=O) groups excluding carboxylic acids is 2. The SMILES string of the molecule is O=C(C=Cc1cccc2ccccc12)NC(=S)NNC(=O)c1ccccc1Br. The van der Waals surface area contributed by atoms with Gasteiger partial charge in [-0.3, -0.25) is 25.8 Å². The Hall–Kier alpha value is -3.03. The average molecular weight is 454 g/mol. The standard InChI is InChI=1S/C21H16BrN3O2S/c22-18-11-4-3-10-17(18)20(27)24-25-21(28)23-19(26)13-12-15-8-5-7-14-6-1-2-9-16(14)15/h1-13H,(H,24,27)(H2,23,25,26,28). The number of thiocarbonyl (C=S) groups is 1. The minimum Gasteiger partial charge on any atom is -0.298 e. The lowest BCUT2D eigenvalue weighted by Crippen LogP contribution is -2.48. The van der Waals surface area contributed by atoms with Crippen LogP contribution in [0.4, 0.5) is 0 Å². The van der Waals surface area contributed by atoms with Gasteiger partial charge in [0, 0.05) is 10.5 Å². The van der Waals surface area contributed by atoms with E-state index in [4.69, 9.17) is 12.2 Å². The Morgan fingerprint density at radius 3 is 2.43 bits per heavy atom. The van der Waals surface area contributed by atoms with Crippen molar-refractivity contribution < 1.29 is 9.59 Å². The van der Waals surface area contributed by atoms with Gasteiger partial charge in [-0.1, -0.05) is 54.6 Å². The van der Waals surface area contributed by atoms with E-state index in [-0.39, 0.29) is 11.0 Å². The van der Waals surface area contributed by atoms with Crippen LogP contribution in [0.1, 0.15) is 15.9 Å². The highest BCUT2D eigenvalue weighted by molar-refractivity contribution is 9.10. The summed E-state index contributed by atoms with van der Waals surface area (Å²) in [5.41, 5.74) is 6.33. The van der Waals surface area contributed by atoms with Gasteiger partial charge >= 0.3 is 0 Å². The van der Waals surface area contributed by atoms with Gasteiger partial charge in [0.15, 0.2) is 5.11 Å². The van der Waals surface area contributed by atoms with E-state index >= 15 is 0 Å². The molecule has 2 amide bonds. The van der Waals surface area contributed by atoms with Crippen LogP contribution in [0.15, 0.2) is 77.3 Å². The number of hydrogen-bond acceptors (Lipinski definition) is 3. The van der Waals surface area contributed by atoms with E-state index in [1.807, 2.05) is 42.5 Å². The quantitative estimate of drug-likeness (QED) is 0.319. The number of hydrazine groups is 1. The van der Waals surface area contributed by atoms with Crippen molar-refractivity contribution in [3.8, 4) is 0 Å².